The van der Waals surface area contributed by atoms with Crippen LogP contribution in [0.3, 0.4) is 0 Å². The minimum Gasteiger partial charge on any atom is -0.271 e. The van der Waals surface area contributed by atoms with Crippen LogP contribution in [0.2, 0.25) is 0 Å². The van der Waals surface area contributed by atoms with Gasteiger partial charge in [-0.15, -0.1) is 0 Å². The Balaban J connectivity index is 2.14. The normalized spacial score (nSPS) is 15.9. The molecule has 2 rings (SSSR count). The maximum atomic E-state index is 12.1. The van der Waals surface area contributed by atoms with Gasteiger partial charge in [-0.3, -0.25) is 19.6 Å². The summed E-state index contributed by atoms with van der Waals surface area (Å²) in [5.74, 6) is -0.324. The second-order valence-electron chi connectivity index (χ2n) is 5.26. The third-order valence-corrected chi connectivity index (χ3v) is 3.72. The van der Waals surface area contributed by atoms with Crippen molar-refractivity contribution in [3.8, 4) is 0 Å². The summed E-state index contributed by atoms with van der Waals surface area (Å²) in [5.41, 5.74) is 4.15. The molecule has 8 nitrogen and oxygen atoms in total. The number of hydrogen-bond donors (Lipinski definition) is 1. The average Bonchev–Trinajstić information content (AvgIpc) is 3.03. The van der Waals surface area contributed by atoms with Gasteiger partial charge in [-0.25, -0.2) is 5.43 Å². The van der Waals surface area contributed by atoms with E-state index in [4.69, 9.17) is 0 Å². The van der Waals surface area contributed by atoms with Crippen LogP contribution in [0, 0.1) is 24.0 Å². The quantitative estimate of drug-likeness (QED) is 0.677. The van der Waals surface area contributed by atoms with E-state index in [-0.39, 0.29) is 11.6 Å². The Labute approximate surface area is 122 Å². The van der Waals surface area contributed by atoms with Crippen molar-refractivity contribution in [3.63, 3.8) is 0 Å². The fourth-order valence-corrected chi connectivity index (χ4v) is 2.53. The summed E-state index contributed by atoms with van der Waals surface area (Å²) >= 11 is 0. The number of nitro groups is 1. The van der Waals surface area contributed by atoms with Crippen LogP contribution in [0.1, 0.15) is 50.0 Å². The first-order valence-corrected chi connectivity index (χ1v) is 6.97. The molecule has 1 fully saturated rings. The Morgan fingerprint density at radius 2 is 2.05 bits per heavy atom. The second-order valence-corrected chi connectivity index (χ2v) is 5.26. The van der Waals surface area contributed by atoms with Crippen molar-refractivity contribution in [1.82, 2.24) is 15.2 Å². The molecule has 21 heavy (non-hydrogen) atoms. The Kier molecular flexibility index (Phi) is 4.35. The van der Waals surface area contributed by atoms with Gasteiger partial charge in [-0.2, -0.15) is 10.2 Å². The molecule has 1 N–H and O–H groups in total. The van der Waals surface area contributed by atoms with E-state index in [1.807, 2.05) is 0 Å². The summed E-state index contributed by atoms with van der Waals surface area (Å²) in [4.78, 5) is 22.6. The molecule has 1 atom stereocenters. The number of rotatable bonds is 4. The lowest BCUT2D eigenvalue weighted by molar-refractivity contribution is -0.386. The molecule has 0 unspecified atom stereocenters. The van der Waals surface area contributed by atoms with Gasteiger partial charge in [0.1, 0.15) is 17.4 Å². The van der Waals surface area contributed by atoms with Crippen LogP contribution in [0.4, 0.5) is 5.69 Å². The molecule has 0 bridgehead atoms. The first-order valence-electron chi connectivity index (χ1n) is 6.97. The number of amides is 1. The van der Waals surface area contributed by atoms with Gasteiger partial charge < -0.3 is 0 Å². The van der Waals surface area contributed by atoms with Crippen molar-refractivity contribution in [2.45, 2.75) is 52.5 Å². The monoisotopic (exact) mass is 293 g/mol. The molecule has 0 spiro atoms. The van der Waals surface area contributed by atoms with Gasteiger partial charge in [-0.05, 0) is 46.5 Å². The Morgan fingerprint density at radius 3 is 2.57 bits per heavy atom. The summed E-state index contributed by atoms with van der Waals surface area (Å²) in [5, 5.41) is 19.2. The molecule has 1 amide bonds. The predicted octanol–water partition coefficient (Wildman–Crippen LogP) is 2.02. The molecule has 1 aromatic rings. The molecular weight excluding hydrogens is 274 g/mol. The van der Waals surface area contributed by atoms with Gasteiger partial charge in [0.2, 0.25) is 0 Å². The Bertz CT molecular complexity index is 597. The molecule has 0 aliphatic heterocycles. The first-order chi connectivity index (χ1) is 9.91. The maximum Gasteiger partial charge on any atom is 0.312 e. The minimum absolute atomic E-state index is 0.0447. The van der Waals surface area contributed by atoms with Crippen LogP contribution in [0.25, 0.3) is 0 Å². The lowest BCUT2D eigenvalue weighted by Gasteiger charge is -2.12. The highest BCUT2D eigenvalue weighted by Crippen LogP contribution is 2.24. The van der Waals surface area contributed by atoms with Crippen molar-refractivity contribution in [1.29, 1.82) is 0 Å². The van der Waals surface area contributed by atoms with Gasteiger partial charge in [0.05, 0.1) is 4.92 Å². The van der Waals surface area contributed by atoms with Crippen LogP contribution in [-0.4, -0.2) is 26.3 Å². The zero-order chi connectivity index (χ0) is 15.6. The highest BCUT2D eigenvalue weighted by molar-refractivity contribution is 5.88. The molecule has 1 aromatic heterocycles. The summed E-state index contributed by atoms with van der Waals surface area (Å²) in [7, 11) is 0. The fourth-order valence-electron chi connectivity index (χ4n) is 2.53. The standard InChI is InChI=1S/C13H19N5O3/c1-8-12(18(20)21)9(2)17(16-8)10(3)13(19)15-14-11-6-4-5-7-11/h10H,4-7H2,1-3H3,(H,15,19)/t10-/m1/s1. The van der Waals surface area contributed by atoms with Crippen LogP contribution in [0.5, 0.6) is 0 Å². The van der Waals surface area contributed by atoms with Crippen LogP contribution < -0.4 is 5.43 Å². The first kappa shape index (κ1) is 15.1. The number of aryl methyl sites for hydroxylation is 1. The molecule has 0 aromatic carbocycles. The highest BCUT2D eigenvalue weighted by Gasteiger charge is 2.27. The third kappa shape index (κ3) is 3.09. The summed E-state index contributed by atoms with van der Waals surface area (Å²) < 4.78 is 1.37. The number of nitrogens with zero attached hydrogens (tertiary/aromatic N) is 4. The van der Waals surface area contributed by atoms with Crippen LogP contribution in [-0.2, 0) is 4.79 Å². The van der Waals surface area contributed by atoms with E-state index >= 15 is 0 Å². The average molecular weight is 293 g/mol. The molecule has 0 radical (unpaired) electrons. The fraction of sp³-hybridized carbons (Fsp3) is 0.615. The molecule has 1 saturated carbocycles. The molecule has 0 saturated heterocycles. The van der Waals surface area contributed by atoms with Gasteiger partial charge in [0, 0.05) is 5.71 Å². The zero-order valence-electron chi connectivity index (χ0n) is 12.4. The topological polar surface area (TPSA) is 102 Å². The van der Waals surface area contributed by atoms with E-state index in [0.717, 1.165) is 31.4 Å². The third-order valence-electron chi connectivity index (χ3n) is 3.72. The van der Waals surface area contributed by atoms with Crippen molar-refractivity contribution in [2.75, 3.05) is 0 Å². The SMILES string of the molecule is Cc1nn([C@H](C)C(=O)NN=C2CCCC2)c(C)c1[N+](=O)[O-]. The molecule has 114 valence electrons. The number of nitrogens with one attached hydrogen (secondary N) is 1. The van der Waals surface area contributed by atoms with E-state index in [2.05, 4.69) is 15.6 Å². The van der Waals surface area contributed by atoms with Gasteiger partial charge >= 0.3 is 5.69 Å². The van der Waals surface area contributed by atoms with E-state index in [1.165, 1.54) is 4.68 Å². The van der Waals surface area contributed by atoms with Crippen molar-refractivity contribution in [3.05, 3.63) is 21.5 Å². The summed E-state index contributed by atoms with van der Waals surface area (Å²) in [6.45, 7) is 4.79. The Hall–Kier alpha value is -2.25. The lowest BCUT2D eigenvalue weighted by Crippen LogP contribution is -2.29. The number of carbonyl (C=O) groups excluding carboxylic acids is 1. The summed E-state index contributed by atoms with van der Waals surface area (Å²) in [6.07, 6.45) is 4.04. The molecule has 1 heterocycles. The largest absolute Gasteiger partial charge is 0.312 e. The van der Waals surface area contributed by atoms with Crippen LogP contribution >= 0.6 is 0 Å². The highest BCUT2D eigenvalue weighted by atomic mass is 16.6. The number of hydrazone groups is 1. The molecule has 8 heteroatoms. The molecule has 1 aliphatic carbocycles. The molecular formula is C13H19N5O3. The van der Waals surface area contributed by atoms with Crippen molar-refractivity contribution >= 4 is 17.3 Å². The summed E-state index contributed by atoms with van der Waals surface area (Å²) in [6, 6.07) is -0.650. The van der Waals surface area contributed by atoms with Crippen molar-refractivity contribution in [2.24, 2.45) is 5.10 Å². The smallest absolute Gasteiger partial charge is 0.271 e. The maximum absolute atomic E-state index is 12.1. The van der Waals surface area contributed by atoms with Gasteiger partial charge in [-0.1, -0.05) is 0 Å². The number of hydrogen-bond acceptors (Lipinski definition) is 5. The minimum atomic E-state index is -0.650. The number of carbonyl (C=O) groups is 1. The zero-order valence-corrected chi connectivity index (χ0v) is 12.4. The van der Waals surface area contributed by atoms with E-state index in [0.29, 0.717) is 11.4 Å². The second kappa shape index (κ2) is 6.02. The lowest BCUT2D eigenvalue weighted by atomic mass is 10.3. The van der Waals surface area contributed by atoms with Gasteiger partial charge in [0.25, 0.3) is 5.91 Å². The van der Waals surface area contributed by atoms with Gasteiger partial charge in [0.15, 0.2) is 0 Å². The number of aromatic nitrogens is 2. The molecule has 1 aliphatic rings. The predicted molar refractivity (Wildman–Crippen MR) is 77.1 cm³/mol. The van der Waals surface area contributed by atoms with E-state index in [1.54, 1.807) is 20.8 Å². The van der Waals surface area contributed by atoms with Crippen LogP contribution in [0.15, 0.2) is 5.10 Å². The van der Waals surface area contributed by atoms with E-state index < -0.39 is 11.0 Å². The Morgan fingerprint density at radius 1 is 1.43 bits per heavy atom. The van der Waals surface area contributed by atoms with E-state index in [9.17, 15) is 14.9 Å². The van der Waals surface area contributed by atoms with Crippen molar-refractivity contribution < 1.29 is 9.72 Å².